The normalized spacial score (nSPS) is 11.7. The van der Waals surface area contributed by atoms with Gasteiger partial charge < -0.3 is 10.6 Å². The van der Waals surface area contributed by atoms with Gasteiger partial charge in [-0.1, -0.05) is 72.3 Å². The first-order valence-electron chi connectivity index (χ1n) is 8.00. The van der Waals surface area contributed by atoms with Crippen LogP contribution in [0, 0.1) is 5.92 Å². The minimum Gasteiger partial charge on any atom is -0.384 e. The summed E-state index contributed by atoms with van der Waals surface area (Å²) >= 11 is 0. The second-order valence-electron chi connectivity index (χ2n) is 5.96. The molecule has 0 aliphatic heterocycles. The lowest BCUT2D eigenvalue weighted by Crippen LogP contribution is -2.25. The van der Waals surface area contributed by atoms with Crippen molar-refractivity contribution in [1.82, 2.24) is 4.90 Å². The first-order chi connectivity index (χ1) is 8.95. The van der Waals surface area contributed by atoms with Gasteiger partial charge in [-0.25, -0.2) is 0 Å². The van der Waals surface area contributed by atoms with Crippen LogP contribution in [0.25, 0.3) is 0 Å². The SMILES string of the molecule is C=CN(C)C.CCCCCCCCCC(N)C(C)C. The van der Waals surface area contributed by atoms with E-state index in [1.807, 2.05) is 19.0 Å². The van der Waals surface area contributed by atoms with Crippen molar-refractivity contribution in [2.24, 2.45) is 11.7 Å². The highest BCUT2D eigenvalue weighted by atomic mass is 15.0. The number of nitrogens with zero attached hydrogens (tertiary/aromatic N) is 1. The Morgan fingerprint density at radius 3 is 1.79 bits per heavy atom. The maximum atomic E-state index is 5.98. The molecule has 0 spiro atoms. The molecule has 2 heteroatoms. The molecule has 0 heterocycles. The van der Waals surface area contributed by atoms with E-state index in [2.05, 4.69) is 27.4 Å². The highest BCUT2D eigenvalue weighted by molar-refractivity contribution is 4.64. The smallest absolute Gasteiger partial charge is 0.00618 e. The predicted molar refractivity (Wildman–Crippen MR) is 89.3 cm³/mol. The fourth-order valence-corrected chi connectivity index (χ4v) is 1.67. The molecule has 2 nitrogen and oxygen atoms in total. The maximum absolute atomic E-state index is 5.98. The molecule has 0 radical (unpaired) electrons. The van der Waals surface area contributed by atoms with Crippen molar-refractivity contribution in [2.75, 3.05) is 14.1 Å². The summed E-state index contributed by atoms with van der Waals surface area (Å²) in [5.74, 6) is 0.648. The summed E-state index contributed by atoms with van der Waals surface area (Å²) in [6, 6.07) is 0.422. The van der Waals surface area contributed by atoms with Crippen molar-refractivity contribution in [2.45, 2.75) is 78.2 Å². The van der Waals surface area contributed by atoms with Crippen LogP contribution in [-0.2, 0) is 0 Å². The van der Waals surface area contributed by atoms with E-state index in [1.54, 1.807) is 6.20 Å². The Balaban J connectivity index is 0. The lowest BCUT2D eigenvalue weighted by Gasteiger charge is -2.14. The average molecular weight is 271 g/mol. The van der Waals surface area contributed by atoms with E-state index in [0.717, 1.165) is 0 Å². The molecule has 2 N–H and O–H groups in total. The number of unbranched alkanes of at least 4 members (excludes halogenated alkanes) is 6. The Kier molecular flexibility index (Phi) is 17.0. The maximum Gasteiger partial charge on any atom is 0.00618 e. The zero-order valence-corrected chi connectivity index (χ0v) is 14.1. The number of hydrogen-bond donors (Lipinski definition) is 1. The summed E-state index contributed by atoms with van der Waals surface area (Å²) in [5.41, 5.74) is 5.98. The predicted octanol–water partition coefficient (Wildman–Crippen LogP) is 4.80. The average Bonchev–Trinajstić information content (AvgIpc) is 2.38. The van der Waals surface area contributed by atoms with E-state index in [0.29, 0.717) is 12.0 Å². The molecule has 0 amide bonds. The van der Waals surface area contributed by atoms with E-state index < -0.39 is 0 Å². The molecule has 0 saturated carbocycles. The molecule has 1 atom stereocenters. The van der Waals surface area contributed by atoms with Gasteiger partial charge in [0.2, 0.25) is 0 Å². The summed E-state index contributed by atoms with van der Waals surface area (Å²) in [6.45, 7) is 10.2. The fourth-order valence-electron chi connectivity index (χ4n) is 1.67. The Morgan fingerprint density at radius 1 is 1.00 bits per heavy atom. The van der Waals surface area contributed by atoms with E-state index >= 15 is 0 Å². The summed E-state index contributed by atoms with van der Waals surface area (Å²) < 4.78 is 0. The summed E-state index contributed by atoms with van der Waals surface area (Å²) in [5, 5.41) is 0. The molecular formula is C17H38N2. The molecule has 0 aromatic carbocycles. The fraction of sp³-hybridized carbons (Fsp3) is 0.882. The molecule has 19 heavy (non-hydrogen) atoms. The van der Waals surface area contributed by atoms with E-state index in [1.165, 1.54) is 51.4 Å². The molecule has 0 fully saturated rings. The second-order valence-corrected chi connectivity index (χ2v) is 5.96. The summed E-state index contributed by atoms with van der Waals surface area (Å²) in [6.07, 6.45) is 12.7. The molecule has 1 unspecified atom stereocenters. The minimum absolute atomic E-state index is 0.422. The van der Waals surface area contributed by atoms with Crippen LogP contribution in [-0.4, -0.2) is 25.0 Å². The van der Waals surface area contributed by atoms with Gasteiger partial charge in [0, 0.05) is 20.1 Å². The van der Waals surface area contributed by atoms with Crippen LogP contribution in [0.5, 0.6) is 0 Å². The monoisotopic (exact) mass is 270 g/mol. The molecule has 0 aliphatic carbocycles. The molecule has 0 aliphatic rings. The topological polar surface area (TPSA) is 29.3 Å². The minimum atomic E-state index is 0.422. The van der Waals surface area contributed by atoms with Crippen molar-refractivity contribution >= 4 is 0 Å². The third-order valence-corrected chi connectivity index (χ3v) is 3.36. The largest absolute Gasteiger partial charge is 0.384 e. The van der Waals surface area contributed by atoms with Crippen LogP contribution in [0.3, 0.4) is 0 Å². The summed E-state index contributed by atoms with van der Waals surface area (Å²) in [4.78, 5) is 1.89. The van der Waals surface area contributed by atoms with Crippen LogP contribution < -0.4 is 5.73 Å². The molecule has 0 bridgehead atoms. The first-order valence-corrected chi connectivity index (χ1v) is 8.00. The van der Waals surface area contributed by atoms with Crippen molar-refractivity contribution in [1.29, 1.82) is 0 Å². The lowest BCUT2D eigenvalue weighted by atomic mass is 9.98. The van der Waals surface area contributed by atoms with Gasteiger partial charge in [-0.15, -0.1) is 0 Å². The quantitative estimate of drug-likeness (QED) is 0.578. The summed E-state index contributed by atoms with van der Waals surface area (Å²) in [7, 11) is 3.88. The molecule has 0 rings (SSSR count). The second kappa shape index (κ2) is 15.6. The zero-order chi connectivity index (χ0) is 15.1. The van der Waals surface area contributed by atoms with E-state index in [9.17, 15) is 0 Å². The van der Waals surface area contributed by atoms with Crippen LogP contribution >= 0.6 is 0 Å². The Morgan fingerprint density at radius 2 is 1.42 bits per heavy atom. The van der Waals surface area contributed by atoms with Gasteiger partial charge in [0.25, 0.3) is 0 Å². The molecule has 0 aromatic rings. The lowest BCUT2D eigenvalue weighted by molar-refractivity contribution is 0.439. The third kappa shape index (κ3) is 20.0. The molecule has 0 saturated heterocycles. The highest BCUT2D eigenvalue weighted by Gasteiger charge is 2.05. The van der Waals surface area contributed by atoms with Gasteiger partial charge in [0.05, 0.1) is 0 Å². The van der Waals surface area contributed by atoms with Crippen molar-refractivity contribution in [3.05, 3.63) is 12.8 Å². The van der Waals surface area contributed by atoms with Crippen LogP contribution in [0.2, 0.25) is 0 Å². The third-order valence-electron chi connectivity index (χ3n) is 3.36. The van der Waals surface area contributed by atoms with Crippen molar-refractivity contribution in [3.8, 4) is 0 Å². The van der Waals surface area contributed by atoms with Crippen LogP contribution in [0.15, 0.2) is 12.8 Å². The van der Waals surface area contributed by atoms with Gasteiger partial charge in [0.15, 0.2) is 0 Å². The van der Waals surface area contributed by atoms with Gasteiger partial charge in [-0.2, -0.15) is 0 Å². The van der Waals surface area contributed by atoms with E-state index in [-0.39, 0.29) is 0 Å². The van der Waals surface area contributed by atoms with Crippen molar-refractivity contribution < 1.29 is 0 Å². The standard InChI is InChI=1S/C13H29N.C4H9N/c1-4-5-6-7-8-9-10-11-13(14)12(2)3;1-4-5(2)3/h12-13H,4-11,14H2,1-3H3;4H,1H2,2-3H3. The van der Waals surface area contributed by atoms with Gasteiger partial charge in [-0.3, -0.25) is 0 Å². The first kappa shape index (κ1) is 20.8. The number of nitrogens with two attached hydrogens (primary N) is 1. The van der Waals surface area contributed by atoms with Crippen LogP contribution in [0.1, 0.15) is 72.1 Å². The Bertz CT molecular complexity index is 176. The molecule has 116 valence electrons. The van der Waals surface area contributed by atoms with Gasteiger partial charge in [0.1, 0.15) is 0 Å². The van der Waals surface area contributed by atoms with Crippen LogP contribution in [0.4, 0.5) is 0 Å². The van der Waals surface area contributed by atoms with Gasteiger partial charge >= 0.3 is 0 Å². The van der Waals surface area contributed by atoms with E-state index in [4.69, 9.17) is 5.73 Å². The van der Waals surface area contributed by atoms with Gasteiger partial charge in [-0.05, 0) is 18.5 Å². The number of hydrogen-bond acceptors (Lipinski definition) is 2. The Labute approximate surface area is 122 Å². The zero-order valence-electron chi connectivity index (χ0n) is 14.1. The number of rotatable bonds is 10. The Hall–Kier alpha value is -0.500. The highest BCUT2D eigenvalue weighted by Crippen LogP contribution is 2.11. The molecular weight excluding hydrogens is 232 g/mol. The van der Waals surface area contributed by atoms with Crippen molar-refractivity contribution in [3.63, 3.8) is 0 Å². The molecule has 0 aromatic heterocycles.